The number of aliphatic hydroxyl groups is 1. The molecule has 34 heavy (non-hydrogen) atoms. The van der Waals surface area contributed by atoms with Crippen LogP contribution in [0.1, 0.15) is 64.0 Å². The molecule has 0 bridgehead atoms. The zero-order valence-corrected chi connectivity index (χ0v) is 20.2. The van der Waals surface area contributed by atoms with Crippen molar-refractivity contribution in [3.8, 4) is 0 Å². The number of carbonyl (C=O) groups is 2. The molecular formula is C24H30N4O5S. The smallest absolute Gasteiger partial charge is 0.283 e. The lowest BCUT2D eigenvalue weighted by molar-refractivity contribution is -0.118. The Balaban J connectivity index is 1.33. The largest absolute Gasteiger partial charge is 0.393 e. The van der Waals surface area contributed by atoms with Crippen LogP contribution >= 0.6 is 0 Å². The van der Waals surface area contributed by atoms with Gasteiger partial charge >= 0.3 is 0 Å². The average Bonchev–Trinajstić information content (AvgIpc) is 3.53. The molecule has 1 aromatic carbocycles. The monoisotopic (exact) mass is 486 g/mol. The molecule has 9 nitrogen and oxygen atoms in total. The van der Waals surface area contributed by atoms with E-state index in [-0.39, 0.29) is 23.0 Å². The summed E-state index contributed by atoms with van der Waals surface area (Å²) < 4.78 is 29.3. The molecule has 2 heterocycles. The number of nitrogens with one attached hydrogen (secondary N) is 1. The zero-order valence-electron chi connectivity index (χ0n) is 19.3. The highest BCUT2D eigenvalue weighted by Crippen LogP contribution is 2.35. The van der Waals surface area contributed by atoms with Crippen LogP contribution in [0, 0.1) is 0 Å². The van der Waals surface area contributed by atoms with Crippen molar-refractivity contribution in [1.29, 1.82) is 0 Å². The normalized spacial score (nSPS) is 18.1. The van der Waals surface area contributed by atoms with Gasteiger partial charge in [0.1, 0.15) is 5.69 Å². The minimum Gasteiger partial charge on any atom is -0.393 e. The Hall–Kier alpha value is -2.72. The van der Waals surface area contributed by atoms with Crippen LogP contribution in [0.15, 0.2) is 17.2 Å². The van der Waals surface area contributed by atoms with Gasteiger partial charge < -0.3 is 10.0 Å². The van der Waals surface area contributed by atoms with Gasteiger partial charge in [-0.2, -0.15) is 13.5 Å². The van der Waals surface area contributed by atoms with E-state index in [2.05, 4.69) is 15.9 Å². The summed E-state index contributed by atoms with van der Waals surface area (Å²) in [7, 11) is -2.72. The molecule has 1 fully saturated rings. The van der Waals surface area contributed by atoms with Gasteiger partial charge in [0.15, 0.2) is 5.03 Å². The molecule has 3 aliphatic rings. The summed E-state index contributed by atoms with van der Waals surface area (Å²) in [6.07, 6.45) is 6.57. The molecule has 1 aliphatic heterocycles. The number of amides is 2. The quantitative estimate of drug-likeness (QED) is 0.651. The average molecular weight is 487 g/mol. The van der Waals surface area contributed by atoms with E-state index in [0.717, 1.165) is 44.1 Å². The molecule has 0 saturated carbocycles. The van der Waals surface area contributed by atoms with Gasteiger partial charge in [0.05, 0.1) is 12.5 Å². The number of nitrogens with zero attached hydrogens (tertiary/aromatic N) is 3. The van der Waals surface area contributed by atoms with Gasteiger partial charge in [-0.05, 0) is 79.2 Å². The third-order valence-electron chi connectivity index (χ3n) is 7.29. The highest BCUT2D eigenvalue weighted by Gasteiger charge is 2.30. The van der Waals surface area contributed by atoms with E-state index in [9.17, 15) is 23.1 Å². The van der Waals surface area contributed by atoms with E-state index in [1.807, 2.05) is 0 Å². The number of hydrogen-bond acceptors (Lipinski definition) is 6. The minimum absolute atomic E-state index is 0.0272. The summed E-state index contributed by atoms with van der Waals surface area (Å²) >= 11 is 0. The summed E-state index contributed by atoms with van der Waals surface area (Å²) in [6.45, 7) is 0.797. The number of aliphatic hydroxyl groups excluding tert-OH is 1. The number of likely N-dealkylation sites (tertiary alicyclic amines) is 1. The molecule has 2 aliphatic carbocycles. The van der Waals surface area contributed by atoms with Crippen LogP contribution in [0.25, 0.3) is 0 Å². The first kappa shape index (κ1) is 23.0. The Labute approximate surface area is 199 Å². The third-order valence-corrected chi connectivity index (χ3v) is 8.53. The number of carbonyl (C=O) groups excluding carboxylic acids is 2. The number of piperidine rings is 1. The number of hydrogen-bond donors (Lipinski definition) is 2. The van der Waals surface area contributed by atoms with Gasteiger partial charge in [0, 0.05) is 26.2 Å². The number of fused-ring (bicyclic) bond motifs is 2. The van der Waals surface area contributed by atoms with E-state index in [1.165, 1.54) is 40.0 Å². The third kappa shape index (κ3) is 4.24. The Morgan fingerprint density at radius 2 is 1.68 bits per heavy atom. The first-order valence-corrected chi connectivity index (χ1v) is 13.4. The molecule has 2 aromatic rings. The fourth-order valence-electron chi connectivity index (χ4n) is 5.55. The van der Waals surface area contributed by atoms with E-state index >= 15 is 0 Å². The summed E-state index contributed by atoms with van der Waals surface area (Å²) in [5.41, 5.74) is 6.15. The highest BCUT2D eigenvalue weighted by molar-refractivity contribution is 7.90. The van der Waals surface area contributed by atoms with Crippen LogP contribution in [0.2, 0.25) is 0 Å². The lowest BCUT2D eigenvalue weighted by Gasteiger charge is -2.29. The number of sulfonamides is 1. The van der Waals surface area contributed by atoms with Crippen LogP contribution in [0.5, 0.6) is 0 Å². The van der Waals surface area contributed by atoms with Crippen LogP contribution in [-0.2, 0) is 54.0 Å². The van der Waals surface area contributed by atoms with E-state index in [0.29, 0.717) is 25.9 Å². The summed E-state index contributed by atoms with van der Waals surface area (Å²) in [6, 6.07) is 3.49. The second-order valence-corrected chi connectivity index (χ2v) is 11.2. The number of aromatic nitrogens is 2. The highest BCUT2D eigenvalue weighted by atomic mass is 32.2. The predicted molar refractivity (Wildman–Crippen MR) is 124 cm³/mol. The molecule has 10 heteroatoms. The van der Waals surface area contributed by atoms with Crippen LogP contribution in [-0.4, -0.2) is 59.2 Å². The molecule has 1 aromatic heterocycles. The Bertz CT molecular complexity index is 1230. The molecule has 1 saturated heterocycles. The Morgan fingerprint density at radius 3 is 2.29 bits per heavy atom. The van der Waals surface area contributed by atoms with Gasteiger partial charge in [-0.1, -0.05) is 6.07 Å². The van der Waals surface area contributed by atoms with Crippen molar-refractivity contribution in [2.75, 3.05) is 13.1 Å². The fourth-order valence-corrected chi connectivity index (χ4v) is 6.52. The Kier molecular flexibility index (Phi) is 5.97. The van der Waals surface area contributed by atoms with Crippen molar-refractivity contribution in [1.82, 2.24) is 19.4 Å². The Morgan fingerprint density at radius 1 is 1.06 bits per heavy atom. The van der Waals surface area contributed by atoms with Crippen LogP contribution in [0.3, 0.4) is 0 Å². The van der Waals surface area contributed by atoms with Gasteiger partial charge in [-0.15, -0.1) is 0 Å². The zero-order chi connectivity index (χ0) is 24.0. The van der Waals surface area contributed by atoms with Gasteiger partial charge in [-0.3, -0.25) is 14.3 Å². The van der Waals surface area contributed by atoms with Crippen molar-refractivity contribution in [3.63, 3.8) is 0 Å². The predicted octanol–water partition coefficient (Wildman–Crippen LogP) is 1.04. The SMILES string of the molecule is Cn1nc(S(=O)(=O)NC(=O)Cc2c3c(cc4c2CCC4)CCC3)cc1C(=O)N1CCC(O)CC1. The van der Waals surface area contributed by atoms with Gasteiger partial charge in [0.2, 0.25) is 5.91 Å². The maximum Gasteiger partial charge on any atom is 0.283 e. The summed E-state index contributed by atoms with van der Waals surface area (Å²) in [5, 5.41) is 13.3. The molecule has 5 rings (SSSR count). The molecule has 182 valence electrons. The maximum absolute atomic E-state index is 12.9. The standard InChI is InChI=1S/C24H30N4O5S/c1-27-21(24(31)28-10-8-17(29)9-11-28)14-23(25-27)34(32,33)26-22(30)13-20-18-6-2-4-15(18)12-16-5-3-7-19(16)20/h12,14,17,29H,2-11,13H2,1H3,(H,26,30). The van der Waals surface area contributed by atoms with Crippen molar-refractivity contribution in [2.45, 2.75) is 68.9 Å². The molecule has 0 radical (unpaired) electrons. The van der Waals surface area contributed by atoms with Crippen LogP contribution < -0.4 is 4.72 Å². The first-order valence-electron chi connectivity index (χ1n) is 12.0. The second-order valence-electron chi connectivity index (χ2n) is 9.56. The minimum atomic E-state index is -4.22. The van der Waals surface area contributed by atoms with E-state index in [4.69, 9.17) is 0 Å². The number of rotatable bonds is 5. The first-order chi connectivity index (χ1) is 16.2. The van der Waals surface area contributed by atoms with Crippen molar-refractivity contribution >= 4 is 21.8 Å². The number of aryl methyl sites for hydroxylation is 3. The summed E-state index contributed by atoms with van der Waals surface area (Å²) in [4.78, 5) is 27.3. The molecule has 2 amide bonds. The molecular weight excluding hydrogens is 456 g/mol. The van der Waals surface area contributed by atoms with Crippen molar-refractivity contribution in [3.05, 3.63) is 45.6 Å². The van der Waals surface area contributed by atoms with E-state index in [1.54, 1.807) is 4.90 Å². The second kappa shape index (κ2) is 8.81. The van der Waals surface area contributed by atoms with Crippen LogP contribution in [0.4, 0.5) is 0 Å². The summed E-state index contributed by atoms with van der Waals surface area (Å²) in [5.74, 6) is -0.928. The molecule has 0 atom stereocenters. The topological polar surface area (TPSA) is 122 Å². The van der Waals surface area contributed by atoms with Gasteiger partial charge in [-0.25, -0.2) is 4.72 Å². The maximum atomic E-state index is 12.9. The lowest BCUT2D eigenvalue weighted by atomic mass is 9.92. The molecule has 2 N–H and O–H groups in total. The van der Waals surface area contributed by atoms with Gasteiger partial charge in [0.25, 0.3) is 15.9 Å². The molecule has 0 spiro atoms. The molecule has 0 unspecified atom stereocenters. The lowest BCUT2D eigenvalue weighted by Crippen LogP contribution is -2.40. The van der Waals surface area contributed by atoms with Crippen molar-refractivity contribution in [2.24, 2.45) is 7.05 Å². The van der Waals surface area contributed by atoms with Crippen molar-refractivity contribution < 1.29 is 23.1 Å². The number of benzene rings is 1. The fraction of sp³-hybridized carbons (Fsp3) is 0.542. The van der Waals surface area contributed by atoms with E-state index < -0.39 is 22.0 Å².